The summed E-state index contributed by atoms with van der Waals surface area (Å²) >= 11 is 5.97. The number of methoxy groups -OCH3 is 3. The third-order valence-electron chi connectivity index (χ3n) is 7.97. The number of carbonyl (C=O) groups is 2. The summed E-state index contributed by atoms with van der Waals surface area (Å²) in [6.07, 6.45) is 0.633. The molecule has 0 aliphatic carbocycles. The summed E-state index contributed by atoms with van der Waals surface area (Å²) in [6.45, 7) is 4.34. The number of rotatable bonds is 12. The molecule has 2 aliphatic rings. The maximum Gasteiger partial charge on any atom is 0.295 e. The number of halogens is 1. The zero-order valence-electron chi connectivity index (χ0n) is 25.6. The van der Waals surface area contributed by atoms with Gasteiger partial charge in [-0.2, -0.15) is 0 Å². The van der Waals surface area contributed by atoms with Gasteiger partial charge in [0.1, 0.15) is 18.1 Å². The SMILES string of the molecule is COc1cc(C2/C(=C(\O)c3ccc(OCc4ccc(Cl)cc4)cc3)C(=O)C(=O)N2CCCN2CCOCC2)cc(OC)c1OC. The van der Waals surface area contributed by atoms with Gasteiger partial charge in [-0.15, -0.1) is 0 Å². The van der Waals surface area contributed by atoms with E-state index in [2.05, 4.69) is 4.90 Å². The molecule has 5 rings (SSSR count). The van der Waals surface area contributed by atoms with Crippen molar-refractivity contribution in [3.05, 3.63) is 87.9 Å². The molecular formula is C34H37ClN2O8. The second-order valence-corrected chi connectivity index (χ2v) is 11.1. The van der Waals surface area contributed by atoms with Crippen molar-refractivity contribution in [3.63, 3.8) is 0 Å². The Bertz CT molecular complexity index is 1510. The number of carbonyl (C=O) groups excluding carboxylic acids is 2. The van der Waals surface area contributed by atoms with Crippen molar-refractivity contribution < 1.29 is 38.4 Å². The van der Waals surface area contributed by atoms with Crippen LogP contribution in [0.1, 0.15) is 29.2 Å². The fraction of sp³-hybridized carbons (Fsp3) is 0.353. The number of ether oxygens (including phenoxy) is 5. The van der Waals surface area contributed by atoms with Crippen LogP contribution < -0.4 is 18.9 Å². The molecule has 45 heavy (non-hydrogen) atoms. The first-order valence-electron chi connectivity index (χ1n) is 14.7. The Morgan fingerprint density at radius 3 is 2.16 bits per heavy atom. The average molecular weight is 637 g/mol. The standard InChI is InChI=1S/C34H37ClN2O8/c1-41-27-19-24(20-28(42-2)33(27)43-3)30-29(32(39)34(40)37(30)14-4-13-36-15-17-44-18-16-36)31(38)23-7-11-26(12-8-23)45-21-22-5-9-25(35)10-6-22/h5-12,19-20,30,38H,4,13-18,21H2,1-3H3/b31-29+. The second kappa shape index (κ2) is 14.7. The van der Waals surface area contributed by atoms with Crippen molar-refractivity contribution in [2.75, 3.05) is 60.7 Å². The number of Topliss-reactive ketones (excluding diaryl/α,β-unsaturated/α-hetero) is 1. The van der Waals surface area contributed by atoms with E-state index in [4.69, 9.17) is 35.3 Å². The largest absolute Gasteiger partial charge is 0.507 e. The highest BCUT2D eigenvalue weighted by Crippen LogP contribution is 2.45. The summed E-state index contributed by atoms with van der Waals surface area (Å²) in [5.74, 6) is -0.0396. The van der Waals surface area contributed by atoms with Crippen LogP contribution in [0, 0.1) is 0 Å². The molecule has 1 atom stereocenters. The van der Waals surface area contributed by atoms with E-state index < -0.39 is 17.7 Å². The Hall–Kier alpha value is -4.25. The zero-order chi connectivity index (χ0) is 31.9. The number of hydrogen-bond acceptors (Lipinski definition) is 9. The van der Waals surface area contributed by atoms with Crippen LogP contribution in [-0.4, -0.2) is 87.3 Å². The number of benzene rings is 3. The highest BCUT2D eigenvalue weighted by Gasteiger charge is 2.46. The lowest BCUT2D eigenvalue weighted by Crippen LogP contribution is -2.39. The van der Waals surface area contributed by atoms with Crippen molar-refractivity contribution in [3.8, 4) is 23.0 Å². The van der Waals surface area contributed by atoms with Gasteiger partial charge in [0.25, 0.3) is 11.7 Å². The Morgan fingerprint density at radius 1 is 0.911 bits per heavy atom. The van der Waals surface area contributed by atoms with Crippen molar-refractivity contribution in [2.45, 2.75) is 19.1 Å². The number of hydrogen-bond donors (Lipinski definition) is 1. The highest BCUT2D eigenvalue weighted by molar-refractivity contribution is 6.46. The van der Waals surface area contributed by atoms with Gasteiger partial charge >= 0.3 is 0 Å². The number of amides is 1. The van der Waals surface area contributed by atoms with E-state index in [1.807, 2.05) is 12.1 Å². The summed E-state index contributed by atoms with van der Waals surface area (Å²) in [7, 11) is 4.49. The van der Waals surface area contributed by atoms with Crippen molar-refractivity contribution >= 4 is 29.1 Å². The maximum atomic E-state index is 13.6. The normalized spacial score (nSPS) is 18.2. The average Bonchev–Trinajstić information content (AvgIpc) is 3.32. The Balaban J connectivity index is 1.47. The molecule has 1 unspecified atom stereocenters. The highest BCUT2D eigenvalue weighted by atomic mass is 35.5. The molecule has 1 N–H and O–H groups in total. The number of ketones is 1. The zero-order valence-corrected chi connectivity index (χ0v) is 26.3. The summed E-state index contributed by atoms with van der Waals surface area (Å²) in [4.78, 5) is 30.9. The second-order valence-electron chi connectivity index (χ2n) is 10.7. The minimum atomic E-state index is -0.885. The minimum absolute atomic E-state index is 0.0181. The molecule has 10 nitrogen and oxygen atoms in total. The molecule has 238 valence electrons. The Morgan fingerprint density at radius 2 is 1.56 bits per heavy atom. The lowest BCUT2D eigenvalue weighted by molar-refractivity contribution is -0.140. The van der Waals surface area contributed by atoms with Gasteiger partial charge in [0.2, 0.25) is 5.75 Å². The van der Waals surface area contributed by atoms with Gasteiger partial charge in [0.15, 0.2) is 11.5 Å². The van der Waals surface area contributed by atoms with Crippen LogP contribution in [0.5, 0.6) is 23.0 Å². The smallest absolute Gasteiger partial charge is 0.295 e. The van der Waals surface area contributed by atoms with E-state index in [0.29, 0.717) is 71.9 Å². The Kier molecular flexibility index (Phi) is 10.5. The van der Waals surface area contributed by atoms with Gasteiger partial charge in [-0.25, -0.2) is 0 Å². The number of aliphatic hydroxyl groups is 1. The number of likely N-dealkylation sites (tertiary alicyclic amines) is 1. The molecule has 2 heterocycles. The molecule has 3 aromatic rings. The molecule has 0 bridgehead atoms. The monoisotopic (exact) mass is 636 g/mol. The first kappa shape index (κ1) is 32.2. The third kappa shape index (κ3) is 7.19. The summed E-state index contributed by atoms with van der Waals surface area (Å²) in [5, 5.41) is 12.2. The molecule has 0 radical (unpaired) electrons. The molecule has 3 aromatic carbocycles. The summed E-state index contributed by atoms with van der Waals surface area (Å²) < 4.78 is 28.0. The molecule has 2 fully saturated rings. The lowest BCUT2D eigenvalue weighted by Gasteiger charge is -2.29. The summed E-state index contributed by atoms with van der Waals surface area (Å²) in [5.41, 5.74) is 1.85. The Labute approximate surface area is 267 Å². The first-order chi connectivity index (χ1) is 21.8. The van der Waals surface area contributed by atoms with E-state index in [1.165, 1.54) is 26.2 Å². The van der Waals surface area contributed by atoms with Gasteiger partial charge in [-0.05, 0) is 66.1 Å². The summed E-state index contributed by atoms with van der Waals surface area (Å²) in [6, 6.07) is 16.6. The fourth-order valence-electron chi connectivity index (χ4n) is 5.62. The lowest BCUT2D eigenvalue weighted by atomic mass is 9.94. The van der Waals surface area contributed by atoms with E-state index in [0.717, 1.165) is 25.2 Å². The van der Waals surface area contributed by atoms with Crippen molar-refractivity contribution in [2.24, 2.45) is 0 Å². The van der Waals surface area contributed by atoms with E-state index >= 15 is 0 Å². The number of aliphatic hydroxyl groups excluding tert-OH is 1. The van der Waals surface area contributed by atoms with Crippen LogP contribution in [0.15, 0.2) is 66.2 Å². The van der Waals surface area contributed by atoms with Gasteiger partial charge in [-0.1, -0.05) is 23.7 Å². The van der Waals surface area contributed by atoms with Gasteiger partial charge in [0.05, 0.1) is 46.2 Å². The van der Waals surface area contributed by atoms with Gasteiger partial charge in [0, 0.05) is 36.8 Å². The topological polar surface area (TPSA) is 107 Å². The molecule has 1 amide bonds. The van der Waals surface area contributed by atoms with Gasteiger partial charge < -0.3 is 33.7 Å². The van der Waals surface area contributed by atoms with Crippen LogP contribution in [-0.2, 0) is 20.9 Å². The molecule has 11 heteroatoms. The quantitative estimate of drug-likeness (QED) is 0.165. The molecule has 2 saturated heterocycles. The van der Waals surface area contributed by atoms with E-state index in [1.54, 1.807) is 48.5 Å². The van der Waals surface area contributed by atoms with Crippen LogP contribution >= 0.6 is 11.6 Å². The number of nitrogens with zero attached hydrogens (tertiary/aromatic N) is 2. The van der Waals surface area contributed by atoms with Crippen molar-refractivity contribution in [1.29, 1.82) is 0 Å². The predicted octanol–water partition coefficient (Wildman–Crippen LogP) is 5.09. The molecule has 2 aliphatic heterocycles. The van der Waals surface area contributed by atoms with Gasteiger partial charge in [-0.3, -0.25) is 14.5 Å². The number of morpholine rings is 1. The van der Waals surface area contributed by atoms with Crippen LogP contribution in [0.25, 0.3) is 5.76 Å². The third-order valence-corrected chi connectivity index (χ3v) is 8.22. The van der Waals surface area contributed by atoms with Crippen LogP contribution in [0.3, 0.4) is 0 Å². The molecule has 0 spiro atoms. The fourth-order valence-corrected chi connectivity index (χ4v) is 5.74. The molecular weight excluding hydrogens is 600 g/mol. The predicted molar refractivity (Wildman–Crippen MR) is 169 cm³/mol. The van der Waals surface area contributed by atoms with Crippen molar-refractivity contribution in [1.82, 2.24) is 9.80 Å². The van der Waals surface area contributed by atoms with E-state index in [-0.39, 0.29) is 11.3 Å². The molecule has 0 aromatic heterocycles. The van der Waals surface area contributed by atoms with E-state index in [9.17, 15) is 14.7 Å². The van der Waals surface area contributed by atoms with Crippen LogP contribution in [0.2, 0.25) is 5.02 Å². The maximum absolute atomic E-state index is 13.6. The first-order valence-corrected chi connectivity index (χ1v) is 15.1. The molecule has 0 saturated carbocycles. The van der Waals surface area contributed by atoms with Crippen LogP contribution in [0.4, 0.5) is 0 Å². The minimum Gasteiger partial charge on any atom is -0.507 e.